The molecule has 3 aromatic rings. The molecule has 44 heavy (non-hydrogen) atoms. The molecule has 1 N–H and O–H groups in total. The second-order valence-electron chi connectivity index (χ2n) is 11.2. The van der Waals surface area contributed by atoms with Gasteiger partial charge in [0.2, 0.25) is 5.95 Å². The zero-order valence-corrected chi connectivity index (χ0v) is 26.1. The third kappa shape index (κ3) is 7.12. The SMILES string of the molecule is COc1ccc(CN(c2cccc(F)n2)S(=O)(=O)c2c(F)cc(NC3CCN(C(=O)OC(C)(C)C)C3)c(C)c2F)c(OC)c1. The van der Waals surface area contributed by atoms with E-state index in [4.69, 9.17) is 14.2 Å². The van der Waals surface area contributed by atoms with Gasteiger partial charge < -0.3 is 24.4 Å². The average molecular weight is 637 g/mol. The number of benzene rings is 2. The molecule has 238 valence electrons. The normalized spacial score (nSPS) is 15.2. The third-order valence-electron chi connectivity index (χ3n) is 6.93. The molecule has 14 heteroatoms. The van der Waals surface area contributed by atoms with Crippen molar-refractivity contribution < 1.29 is 40.6 Å². The Balaban J connectivity index is 1.68. The van der Waals surface area contributed by atoms with Crippen LogP contribution in [0.3, 0.4) is 0 Å². The van der Waals surface area contributed by atoms with E-state index < -0.39 is 56.6 Å². The molecule has 1 saturated heterocycles. The van der Waals surface area contributed by atoms with Gasteiger partial charge in [0.1, 0.15) is 28.7 Å². The van der Waals surface area contributed by atoms with Crippen LogP contribution in [0.4, 0.5) is 29.5 Å². The van der Waals surface area contributed by atoms with E-state index in [1.165, 1.54) is 50.3 Å². The van der Waals surface area contributed by atoms with Gasteiger partial charge in [-0.3, -0.25) is 0 Å². The van der Waals surface area contributed by atoms with Crippen molar-refractivity contribution in [3.63, 3.8) is 0 Å². The fourth-order valence-electron chi connectivity index (χ4n) is 4.74. The summed E-state index contributed by atoms with van der Waals surface area (Å²) in [5.41, 5.74) is -0.508. The number of hydrogen-bond donors (Lipinski definition) is 1. The lowest BCUT2D eigenvalue weighted by Crippen LogP contribution is -2.36. The molecule has 0 radical (unpaired) electrons. The van der Waals surface area contributed by atoms with Crippen molar-refractivity contribution in [3.8, 4) is 11.5 Å². The number of nitrogens with one attached hydrogen (secondary N) is 1. The Hall–Kier alpha value is -4.20. The standard InChI is InChI=1S/C30H35F3N4O6S/c1-18-23(34-20-12-13-36(17-20)29(38)43-30(2,3)4)15-22(31)28(27(18)33)44(39,40)37(26-9-7-8-25(32)35-26)16-19-10-11-21(41-5)14-24(19)42-6/h7-11,14-15,20,34H,12-13,16-17H2,1-6H3. The van der Waals surface area contributed by atoms with E-state index >= 15 is 8.78 Å². The number of anilines is 2. The lowest BCUT2D eigenvalue weighted by molar-refractivity contribution is 0.0293. The van der Waals surface area contributed by atoms with Crippen LogP contribution in [0.1, 0.15) is 38.3 Å². The van der Waals surface area contributed by atoms with Crippen molar-refractivity contribution >= 4 is 27.6 Å². The molecule has 1 aliphatic rings. The minimum absolute atomic E-state index is 0.0299. The first-order valence-corrected chi connectivity index (χ1v) is 15.2. The van der Waals surface area contributed by atoms with Gasteiger partial charge in [-0.1, -0.05) is 6.07 Å². The van der Waals surface area contributed by atoms with Crippen LogP contribution in [0.5, 0.6) is 11.5 Å². The third-order valence-corrected chi connectivity index (χ3v) is 8.72. The molecule has 10 nitrogen and oxygen atoms in total. The highest BCUT2D eigenvalue weighted by atomic mass is 32.2. The minimum atomic E-state index is -5.00. The number of hydrogen-bond acceptors (Lipinski definition) is 8. The molecule has 2 aromatic carbocycles. The molecule has 1 aliphatic heterocycles. The number of methoxy groups -OCH3 is 2. The molecule has 1 unspecified atom stereocenters. The average Bonchev–Trinajstić information content (AvgIpc) is 3.42. The molecular formula is C30H35F3N4O6S. The predicted octanol–water partition coefficient (Wildman–Crippen LogP) is 5.64. The first kappa shape index (κ1) is 32.7. The lowest BCUT2D eigenvalue weighted by atomic mass is 10.1. The van der Waals surface area contributed by atoms with E-state index in [-0.39, 0.29) is 29.6 Å². The molecule has 0 aliphatic carbocycles. The summed E-state index contributed by atoms with van der Waals surface area (Å²) in [6.07, 6.45) is -0.0260. The summed E-state index contributed by atoms with van der Waals surface area (Å²) in [4.78, 5) is 16.4. The van der Waals surface area contributed by atoms with Crippen LogP contribution in [0.2, 0.25) is 0 Å². The highest BCUT2D eigenvalue weighted by Crippen LogP contribution is 2.35. The number of sulfonamides is 1. The Bertz CT molecular complexity index is 1650. The molecule has 1 amide bonds. The second kappa shape index (κ2) is 12.8. The zero-order valence-electron chi connectivity index (χ0n) is 25.3. The summed E-state index contributed by atoms with van der Waals surface area (Å²) >= 11 is 0. The Morgan fingerprint density at radius 2 is 1.84 bits per heavy atom. The number of halogens is 3. The van der Waals surface area contributed by atoms with E-state index in [9.17, 15) is 17.6 Å². The molecule has 1 atom stereocenters. The van der Waals surface area contributed by atoms with Gasteiger partial charge in [-0.05, 0) is 64.4 Å². The van der Waals surface area contributed by atoms with Gasteiger partial charge in [-0.25, -0.2) is 31.3 Å². The first-order valence-electron chi connectivity index (χ1n) is 13.7. The number of likely N-dealkylation sites (tertiary alicyclic amines) is 1. The monoisotopic (exact) mass is 636 g/mol. The Kier molecular flexibility index (Phi) is 9.52. The van der Waals surface area contributed by atoms with Gasteiger partial charge in [0.15, 0.2) is 10.7 Å². The number of aromatic nitrogens is 1. The van der Waals surface area contributed by atoms with Crippen LogP contribution >= 0.6 is 0 Å². The quantitative estimate of drug-likeness (QED) is 0.301. The fourth-order valence-corrected chi connectivity index (χ4v) is 6.31. The number of pyridine rings is 1. The molecule has 4 rings (SSSR count). The van der Waals surface area contributed by atoms with Crippen LogP contribution < -0.4 is 19.1 Å². The highest BCUT2D eigenvalue weighted by molar-refractivity contribution is 7.92. The molecule has 1 fully saturated rings. The molecule has 1 aromatic heterocycles. The Morgan fingerprint density at radius 1 is 1.11 bits per heavy atom. The van der Waals surface area contributed by atoms with Crippen LogP contribution in [-0.4, -0.2) is 63.3 Å². The largest absolute Gasteiger partial charge is 0.497 e. The number of carbonyl (C=O) groups is 1. The van der Waals surface area contributed by atoms with E-state index in [1.807, 2.05) is 0 Å². The summed E-state index contributed by atoms with van der Waals surface area (Å²) < 4.78 is 90.3. The van der Waals surface area contributed by atoms with Gasteiger partial charge >= 0.3 is 6.09 Å². The maximum atomic E-state index is 15.9. The first-order chi connectivity index (χ1) is 20.6. The Labute approximate surface area is 254 Å². The van der Waals surface area contributed by atoms with Crippen molar-refractivity contribution in [2.45, 2.75) is 57.2 Å². The molecule has 0 spiro atoms. The maximum absolute atomic E-state index is 15.9. The molecule has 2 heterocycles. The van der Waals surface area contributed by atoms with Crippen LogP contribution in [0.25, 0.3) is 0 Å². The highest BCUT2D eigenvalue weighted by Gasteiger charge is 2.36. The Morgan fingerprint density at radius 3 is 2.48 bits per heavy atom. The lowest BCUT2D eigenvalue weighted by Gasteiger charge is -2.26. The summed E-state index contributed by atoms with van der Waals surface area (Å²) in [5, 5.41) is 3.02. The summed E-state index contributed by atoms with van der Waals surface area (Å²) in [5.74, 6) is -3.41. The van der Waals surface area contributed by atoms with Crippen molar-refractivity contribution in [2.75, 3.05) is 36.9 Å². The number of ether oxygens (including phenoxy) is 3. The number of nitrogens with zero attached hydrogens (tertiary/aromatic N) is 3. The fraction of sp³-hybridized carbons (Fsp3) is 0.400. The number of rotatable bonds is 9. The maximum Gasteiger partial charge on any atom is 0.410 e. The van der Waals surface area contributed by atoms with E-state index in [2.05, 4.69) is 10.3 Å². The van der Waals surface area contributed by atoms with Gasteiger partial charge in [0.25, 0.3) is 10.0 Å². The van der Waals surface area contributed by atoms with Crippen molar-refractivity contribution in [3.05, 3.63) is 71.2 Å². The summed E-state index contributed by atoms with van der Waals surface area (Å²) in [7, 11) is -2.20. The van der Waals surface area contributed by atoms with E-state index in [0.29, 0.717) is 28.6 Å². The van der Waals surface area contributed by atoms with E-state index in [0.717, 1.165) is 12.1 Å². The van der Waals surface area contributed by atoms with Crippen LogP contribution in [0, 0.1) is 24.5 Å². The van der Waals surface area contributed by atoms with Gasteiger partial charge in [0, 0.05) is 42.0 Å². The van der Waals surface area contributed by atoms with Crippen LogP contribution in [-0.2, 0) is 21.3 Å². The van der Waals surface area contributed by atoms with Gasteiger partial charge in [0.05, 0.1) is 20.8 Å². The topological polar surface area (TPSA) is 110 Å². The van der Waals surface area contributed by atoms with Crippen LogP contribution in [0.15, 0.2) is 47.4 Å². The van der Waals surface area contributed by atoms with Crippen molar-refractivity contribution in [2.24, 2.45) is 0 Å². The molecular weight excluding hydrogens is 601 g/mol. The molecule has 0 bridgehead atoms. The number of amides is 1. The second-order valence-corrected chi connectivity index (χ2v) is 13.0. The molecule has 0 saturated carbocycles. The van der Waals surface area contributed by atoms with Gasteiger partial charge in [-0.2, -0.15) is 4.39 Å². The number of carbonyl (C=O) groups excluding carboxylic acids is 1. The van der Waals surface area contributed by atoms with Crippen molar-refractivity contribution in [1.29, 1.82) is 0 Å². The van der Waals surface area contributed by atoms with Crippen molar-refractivity contribution in [1.82, 2.24) is 9.88 Å². The zero-order chi connectivity index (χ0) is 32.4. The summed E-state index contributed by atoms with van der Waals surface area (Å²) in [6.45, 7) is 6.66. The van der Waals surface area contributed by atoms with E-state index in [1.54, 1.807) is 26.8 Å². The summed E-state index contributed by atoms with van der Waals surface area (Å²) in [6, 6.07) is 8.58. The predicted molar refractivity (Wildman–Crippen MR) is 158 cm³/mol. The minimum Gasteiger partial charge on any atom is -0.497 e. The smallest absolute Gasteiger partial charge is 0.410 e. The van der Waals surface area contributed by atoms with Gasteiger partial charge in [-0.15, -0.1) is 0 Å².